The Balaban J connectivity index is 1.28. The Morgan fingerprint density at radius 3 is 2.57 bits per heavy atom. The highest BCUT2D eigenvalue weighted by Crippen LogP contribution is 2.30. The minimum absolute atomic E-state index is 0.150. The molecule has 1 aliphatic rings. The number of benzene rings is 2. The van der Waals surface area contributed by atoms with Gasteiger partial charge in [-0.15, -0.1) is 0 Å². The third kappa shape index (κ3) is 3.58. The molecule has 0 N–H and O–H groups in total. The van der Waals surface area contributed by atoms with E-state index < -0.39 is 0 Å². The molecule has 1 amide bonds. The van der Waals surface area contributed by atoms with Crippen molar-refractivity contribution in [3.8, 4) is 0 Å². The molecule has 2 aromatic carbocycles. The molecule has 2 aromatic heterocycles. The lowest BCUT2D eigenvalue weighted by Gasteiger charge is -2.31. The van der Waals surface area contributed by atoms with E-state index in [9.17, 15) is 4.79 Å². The van der Waals surface area contributed by atoms with Gasteiger partial charge in [0.15, 0.2) is 11.5 Å². The van der Waals surface area contributed by atoms with Crippen molar-refractivity contribution in [1.82, 2.24) is 19.4 Å². The number of fused-ring (bicyclic) bond motifs is 2. The van der Waals surface area contributed by atoms with Crippen LogP contribution in [0.2, 0.25) is 0 Å². The van der Waals surface area contributed by atoms with Gasteiger partial charge < -0.3 is 13.9 Å². The first kappa shape index (κ1) is 19.2. The van der Waals surface area contributed by atoms with Crippen LogP contribution in [0.15, 0.2) is 52.9 Å². The average molecular weight is 421 g/mol. The SMILES string of the molecule is CSCc1nc2ccccc2n1CC(=O)N1CCC(c2nc3ccccc3o2)CC1. The van der Waals surface area contributed by atoms with Crippen molar-refractivity contribution in [3.05, 3.63) is 60.2 Å². The van der Waals surface area contributed by atoms with E-state index in [2.05, 4.69) is 15.8 Å². The quantitative estimate of drug-likeness (QED) is 0.477. The van der Waals surface area contributed by atoms with Crippen LogP contribution in [-0.2, 0) is 17.1 Å². The van der Waals surface area contributed by atoms with Gasteiger partial charge >= 0.3 is 0 Å². The molecule has 0 bridgehead atoms. The van der Waals surface area contributed by atoms with Crippen molar-refractivity contribution in [2.75, 3.05) is 19.3 Å². The molecule has 6 nitrogen and oxygen atoms in total. The van der Waals surface area contributed by atoms with Gasteiger partial charge in [0.25, 0.3) is 0 Å². The summed E-state index contributed by atoms with van der Waals surface area (Å²) in [6.45, 7) is 1.80. The highest BCUT2D eigenvalue weighted by Gasteiger charge is 2.27. The molecule has 1 fully saturated rings. The number of thioether (sulfide) groups is 1. The second-order valence-corrected chi connectivity index (χ2v) is 8.58. The maximum absolute atomic E-state index is 13.1. The van der Waals surface area contributed by atoms with E-state index in [0.29, 0.717) is 6.54 Å². The molecule has 4 aromatic rings. The summed E-state index contributed by atoms with van der Waals surface area (Å²) in [7, 11) is 0. The molecule has 1 aliphatic heterocycles. The summed E-state index contributed by atoms with van der Waals surface area (Å²) in [6.07, 6.45) is 3.81. The molecule has 3 heterocycles. The number of nitrogens with zero attached hydrogens (tertiary/aromatic N) is 4. The first-order valence-electron chi connectivity index (χ1n) is 10.3. The summed E-state index contributed by atoms with van der Waals surface area (Å²) in [4.78, 5) is 24.4. The molecule has 0 atom stereocenters. The summed E-state index contributed by atoms with van der Waals surface area (Å²) in [5.41, 5.74) is 3.71. The highest BCUT2D eigenvalue weighted by molar-refractivity contribution is 7.97. The number of rotatable bonds is 5. The number of para-hydroxylation sites is 4. The van der Waals surface area contributed by atoms with Gasteiger partial charge in [-0.1, -0.05) is 24.3 Å². The largest absolute Gasteiger partial charge is 0.440 e. The lowest BCUT2D eigenvalue weighted by Crippen LogP contribution is -2.40. The Bertz CT molecular complexity index is 1160. The monoisotopic (exact) mass is 420 g/mol. The van der Waals surface area contributed by atoms with E-state index in [4.69, 9.17) is 9.40 Å². The van der Waals surface area contributed by atoms with Gasteiger partial charge in [0.2, 0.25) is 5.91 Å². The highest BCUT2D eigenvalue weighted by atomic mass is 32.2. The Kier molecular flexibility index (Phi) is 5.21. The number of piperidine rings is 1. The standard InChI is InChI=1S/C23H24N4O2S/c1-30-15-21-24-17-6-2-4-8-19(17)27(21)14-22(28)26-12-10-16(11-13-26)23-25-18-7-3-5-9-20(18)29-23/h2-9,16H,10-15H2,1H3. The minimum Gasteiger partial charge on any atom is -0.440 e. The minimum atomic E-state index is 0.150. The number of likely N-dealkylation sites (tertiary alicyclic amines) is 1. The number of carbonyl (C=O) groups excluding carboxylic acids is 1. The van der Waals surface area contributed by atoms with Gasteiger partial charge in [-0.3, -0.25) is 4.79 Å². The zero-order chi connectivity index (χ0) is 20.5. The van der Waals surface area contributed by atoms with Crippen LogP contribution in [0.3, 0.4) is 0 Å². The molecule has 7 heteroatoms. The van der Waals surface area contributed by atoms with Crippen LogP contribution in [0.25, 0.3) is 22.1 Å². The Morgan fingerprint density at radius 2 is 1.80 bits per heavy atom. The molecule has 0 spiro atoms. The van der Waals surface area contributed by atoms with Gasteiger partial charge in [0, 0.05) is 19.0 Å². The molecule has 0 aliphatic carbocycles. The maximum Gasteiger partial charge on any atom is 0.242 e. The summed E-state index contributed by atoms with van der Waals surface area (Å²) < 4.78 is 8.02. The van der Waals surface area contributed by atoms with Crippen LogP contribution in [0.4, 0.5) is 0 Å². The van der Waals surface area contributed by atoms with Gasteiger partial charge in [-0.05, 0) is 43.4 Å². The Hall–Kier alpha value is -2.80. The molecule has 1 saturated heterocycles. The smallest absolute Gasteiger partial charge is 0.242 e. The van der Waals surface area contributed by atoms with Crippen molar-refractivity contribution in [2.45, 2.75) is 31.1 Å². The van der Waals surface area contributed by atoms with E-state index in [1.54, 1.807) is 11.8 Å². The molecule has 30 heavy (non-hydrogen) atoms. The van der Waals surface area contributed by atoms with Gasteiger partial charge in [-0.2, -0.15) is 11.8 Å². The van der Waals surface area contributed by atoms with E-state index in [0.717, 1.165) is 65.5 Å². The van der Waals surface area contributed by atoms with Crippen LogP contribution in [-0.4, -0.2) is 44.7 Å². The second kappa shape index (κ2) is 8.14. The Morgan fingerprint density at radius 1 is 1.07 bits per heavy atom. The number of amides is 1. The van der Waals surface area contributed by atoms with Gasteiger partial charge in [0.05, 0.1) is 16.8 Å². The van der Waals surface area contributed by atoms with Crippen molar-refractivity contribution in [2.24, 2.45) is 0 Å². The molecule has 154 valence electrons. The summed E-state index contributed by atoms with van der Waals surface area (Å²) in [5.74, 6) is 2.96. The van der Waals surface area contributed by atoms with Crippen LogP contribution >= 0.6 is 11.8 Å². The lowest BCUT2D eigenvalue weighted by molar-refractivity contribution is -0.132. The van der Waals surface area contributed by atoms with Crippen LogP contribution in [0.5, 0.6) is 0 Å². The van der Waals surface area contributed by atoms with E-state index in [1.165, 1.54) is 0 Å². The third-order valence-electron chi connectivity index (χ3n) is 5.81. The normalized spacial score (nSPS) is 15.3. The summed E-state index contributed by atoms with van der Waals surface area (Å²) >= 11 is 1.72. The fraction of sp³-hybridized carbons (Fsp3) is 0.348. The first-order chi connectivity index (χ1) is 14.7. The average Bonchev–Trinajstić information content (AvgIpc) is 3.36. The van der Waals surface area contributed by atoms with Crippen molar-refractivity contribution in [3.63, 3.8) is 0 Å². The van der Waals surface area contributed by atoms with Gasteiger partial charge in [0.1, 0.15) is 17.9 Å². The van der Waals surface area contributed by atoms with Crippen LogP contribution < -0.4 is 0 Å². The molecular weight excluding hydrogens is 396 g/mol. The van der Waals surface area contributed by atoms with Crippen molar-refractivity contribution in [1.29, 1.82) is 0 Å². The zero-order valence-corrected chi connectivity index (χ0v) is 17.8. The van der Waals surface area contributed by atoms with Crippen LogP contribution in [0, 0.1) is 0 Å². The topological polar surface area (TPSA) is 64.2 Å². The van der Waals surface area contributed by atoms with Gasteiger partial charge in [-0.25, -0.2) is 9.97 Å². The predicted molar refractivity (Wildman–Crippen MR) is 120 cm³/mol. The maximum atomic E-state index is 13.1. The summed E-state index contributed by atoms with van der Waals surface area (Å²) in [5, 5.41) is 0. The second-order valence-electron chi connectivity index (χ2n) is 7.71. The molecule has 0 saturated carbocycles. The number of oxazole rings is 1. The van der Waals surface area contributed by atoms with E-state index in [1.807, 2.05) is 53.4 Å². The molecular formula is C23H24N4O2S. The number of carbonyl (C=O) groups is 1. The van der Waals surface area contributed by atoms with E-state index >= 15 is 0 Å². The number of hydrogen-bond acceptors (Lipinski definition) is 5. The predicted octanol–water partition coefficient (Wildman–Crippen LogP) is 4.45. The summed E-state index contributed by atoms with van der Waals surface area (Å²) in [6, 6.07) is 15.9. The molecule has 5 rings (SSSR count). The van der Waals surface area contributed by atoms with E-state index in [-0.39, 0.29) is 11.8 Å². The fourth-order valence-electron chi connectivity index (χ4n) is 4.22. The molecule has 0 unspecified atom stereocenters. The number of hydrogen-bond donors (Lipinski definition) is 0. The lowest BCUT2D eigenvalue weighted by atomic mass is 9.97. The third-order valence-corrected chi connectivity index (χ3v) is 6.35. The van der Waals surface area contributed by atoms with Crippen molar-refractivity contribution < 1.29 is 9.21 Å². The van der Waals surface area contributed by atoms with Crippen LogP contribution in [0.1, 0.15) is 30.5 Å². The van der Waals surface area contributed by atoms with Crippen molar-refractivity contribution >= 4 is 39.8 Å². The number of imidazole rings is 1. The number of aromatic nitrogens is 3. The molecule has 0 radical (unpaired) electrons. The first-order valence-corrected chi connectivity index (χ1v) is 11.7. The Labute approximate surface area is 179 Å². The zero-order valence-electron chi connectivity index (χ0n) is 17.0. The fourth-order valence-corrected chi connectivity index (χ4v) is 4.70.